The van der Waals surface area contributed by atoms with Crippen molar-refractivity contribution in [2.45, 2.75) is 58.4 Å². The number of esters is 1. The van der Waals surface area contributed by atoms with E-state index in [9.17, 15) is 13.2 Å². The Hall–Kier alpha value is -2.86. The average molecular weight is 619 g/mol. The molecule has 0 amide bonds. The van der Waals surface area contributed by atoms with E-state index >= 15 is 0 Å². The zero-order valence-corrected chi connectivity index (χ0v) is 26.6. The molecule has 0 aliphatic carbocycles. The van der Waals surface area contributed by atoms with Crippen molar-refractivity contribution in [2.75, 3.05) is 59.2 Å². The summed E-state index contributed by atoms with van der Waals surface area (Å²) in [6, 6.07) is 13.1. The van der Waals surface area contributed by atoms with Crippen LogP contribution >= 0.6 is 0 Å². The molecule has 11 heteroatoms. The number of carbonyl (C=O) groups excluding carboxylic acids is 1. The van der Waals surface area contributed by atoms with Crippen molar-refractivity contribution in [3.8, 4) is 17.2 Å². The van der Waals surface area contributed by atoms with Gasteiger partial charge in [-0.3, -0.25) is 9.69 Å². The van der Waals surface area contributed by atoms with Crippen molar-refractivity contribution in [3.05, 3.63) is 53.6 Å². The first-order valence-electron chi connectivity index (χ1n) is 15.3. The first-order chi connectivity index (χ1) is 20.8. The molecule has 2 aromatic carbocycles. The van der Waals surface area contributed by atoms with Gasteiger partial charge in [0.05, 0.1) is 18.3 Å². The number of hydrogen-bond acceptors (Lipinski definition) is 9. The highest BCUT2D eigenvalue weighted by Gasteiger charge is 2.48. The second-order valence-corrected chi connectivity index (χ2v) is 13.1. The van der Waals surface area contributed by atoms with Crippen molar-refractivity contribution >= 4 is 16.0 Å². The summed E-state index contributed by atoms with van der Waals surface area (Å²) in [7, 11) is -1.83. The SMILES string of the molecule is CCCCCS(=O)(=O)N(CCC)CCN1C[C@H](c2ccc3c(c2)OCO3)[C@@H](C(=O)OCC)[C@@H]1c1ccc(OCOC)cc1. The molecule has 2 heterocycles. The molecule has 10 nitrogen and oxygen atoms in total. The molecule has 1 saturated heterocycles. The third-order valence-electron chi connectivity index (χ3n) is 8.06. The van der Waals surface area contributed by atoms with E-state index < -0.39 is 15.9 Å². The fourth-order valence-electron chi connectivity index (χ4n) is 5.99. The van der Waals surface area contributed by atoms with Crippen LogP contribution in [0.25, 0.3) is 0 Å². The van der Waals surface area contributed by atoms with Crippen LogP contribution in [-0.4, -0.2) is 82.8 Å². The fraction of sp³-hybridized carbons (Fsp3) is 0.594. The highest BCUT2D eigenvalue weighted by Crippen LogP contribution is 2.48. The molecule has 0 radical (unpaired) electrons. The van der Waals surface area contributed by atoms with Crippen LogP contribution in [0.3, 0.4) is 0 Å². The van der Waals surface area contributed by atoms with E-state index in [0.717, 1.165) is 30.4 Å². The van der Waals surface area contributed by atoms with Gasteiger partial charge >= 0.3 is 5.97 Å². The third kappa shape index (κ3) is 8.20. The topological polar surface area (TPSA) is 104 Å². The molecule has 0 aromatic heterocycles. The number of carbonyl (C=O) groups is 1. The molecule has 0 unspecified atom stereocenters. The lowest BCUT2D eigenvalue weighted by Crippen LogP contribution is -2.40. The maximum absolute atomic E-state index is 13.7. The van der Waals surface area contributed by atoms with Gasteiger partial charge in [0.25, 0.3) is 0 Å². The normalized spacial score (nSPS) is 20.1. The number of benzene rings is 2. The number of methoxy groups -OCH3 is 1. The highest BCUT2D eigenvalue weighted by molar-refractivity contribution is 7.89. The minimum Gasteiger partial charge on any atom is -0.468 e. The molecule has 2 aliphatic rings. The van der Waals surface area contributed by atoms with Crippen LogP contribution in [0.2, 0.25) is 0 Å². The molecule has 2 aromatic rings. The van der Waals surface area contributed by atoms with Gasteiger partial charge in [0.2, 0.25) is 16.8 Å². The summed E-state index contributed by atoms with van der Waals surface area (Å²) in [6.45, 7) is 8.25. The molecule has 0 bridgehead atoms. The minimum atomic E-state index is -3.40. The van der Waals surface area contributed by atoms with Gasteiger partial charge in [-0.1, -0.05) is 44.9 Å². The smallest absolute Gasteiger partial charge is 0.311 e. The summed E-state index contributed by atoms with van der Waals surface area (Å²) in [5.74, 6) is 1.13. The van der Waals surface area contributed by atoms with E-state index in [-0.39, 0.29) is 43.9 Å². The van der Waals surface area contributed by atoms with Crippen molar-refractivity contribution in [3.63, 3.8) is 0 Å². The highest BCUT2D eigenvalue weighted by atomic mass is 32.2. The number of sulfonamides is 1. The minimum absolute atomic E-state index is 0.131. The molecular formula is C32H46N2O8S. The third-order valence-corrected chi connectivity index (χ3v) is 10.0. The Morgan fingerprint density at radius 3 is 2.42 bits per heavy atom. The number of ether oxygens (including phenoxy) is 5. The Kier molecular flexibility index (Phi) is 12.1. The zero-order chi connectivity index (χ0) is 30.8. The second kappa shape index (κ2) is 15.7. The Bertz CT molecular complexity index is 1290. The summed E-state index contributed by atoms with van der Waals surface area (Å²) in [4.78, 5) is 15.9. The van der Waals surface area contributed by atoms with Crippen molar-refractivity contribution in [1.82, 2.24) is 9.21 Å². The van der Waals surface area contributed by atoms with Crippen molar-refractivity contribution < 1.29 is 36.9 Å². The first-order valence-corrected chi connectivity index (χ1v) is 16.9. The maximum Gasteiger partial charge on any atom is 0.311 e. The Balaban J connectivity index is 1.68. The fourth-order valence-corrected chi connectivity index (χ4v) is 7.64. The molecule has 1 fully saturated rings. The summed E-state index contributed by atoms with van der Waals surface area (Å²) >= 11 is 0. The number of likely N-dealkylation sites (tertiary alicyclic amines) is 1. The monoisotopic (exact) mass is 618 g/mol. The largest absolute Gasteiger partial charge is 0.468 e. The van der Waals surface area contributed by atoms with Crippen LogP contribution in [-0.2, 0) is 24.3 Å². The van der Waals surface area contributed by atoms with Crippen LogP contribution < -0.4 is 14.2 Å². The lowest BCUT2D eigenvalue weighted by molar-refractivity contribution is -0.149. The summed E-state index contributed by atoms with van der Waals surface area (Å²) in [6.07, 6.45) is 3.23. The van der Waals surface area contributed by atoms with Crippen molar-refractivity contribution in [2.24, 2.45) is 5.92 Å². The number of rotatable bonds is 17. The van der Waals surface area contributed by atoms with Crippen LogP contribution in [0.15, 0.2) is 42.5 Å². The summed E-state index contributed by atoms with van der Waals surface area (Å²) < 4.78 is 55.7. The van der Waals surface area contributed by atoms with E-state index in [1.807, 2.05) is 56.3 Å². The van der Waals surface area contributed by atoms with Gasteiger partial charge in [-0.2, -0.15) is 0 Å². The number of fused-ring (bicyclic) bond motifs is 1. The molecule has 0 N–H and O–H groups in total. The van der Waals surface area contributed by atoms with Gasteiger partial charge in [0.15, 0.2) is 18.3 Å². The van der Waals surface area contributed by atoms with Gasteiger partial charge in [0, 0.05) is 45.2 Å². The molecule has 238 valence electrons. The molecule has 2 aliphatic heterocycles. The van der Waals surface area contributed by atoms with Crippen LogP contribution in [0.5, 0.6) is 17.2 Å². The van der Waals surface area contributed by atoms with E-state index in [1.165, 1.54) is 0 Å². The summed E-state index contributed by atoms with van der Waals surface area (Å²) in [5.41, 5.74) is 1.88. The van der Waals surface area contributed by atoms with Gasteiger partial charge in [-0.25, -0.2) is 12.7 Å². The first kappa shape index (κ1) is 33.0. The predicted octanol–water partition coefficient (Wildman–Crippen LogP) is 4.95. The number of unbranched alkanes of at least 4 members (excludes halogenated alkanes) is 2. The molecule has 43 heavy (non-hydrogen) atoms. The van der Waals surface area contributed by atoms with E-state index in [4.69, 9.17) is 23.7 Å². The Labute approximate surface area is 256 Å². The molecule has 3 atom stereocenters. The standard InChI is InChI=1S/C32H46N2O8S/c1-5-8-9-19-43(36,37)34(16-6-2)18-17-33-21-27(25-12-15-28-29(20-25)42-23-41-28)30(32(35)39-7-3)31(33)24-10-13-26(14-11-24)40-22-38-4/h10-15,20,27,30-31H,5-9,16-19,21-23H2,1-4H3/t27-,30-,31+/m1/s1. The molecule has 0 saturated carbocycles. The predicted molar refractivity (Wildman–Crippen MR) is 164 cm³/mol. The van der Waals surface area contributed by atoms with Crippen LogP contribution in [0, 0.1) is 5.92 Å². The van der Waals surface area contributed by atoms with Gasteiger partial charge < -0.3 is 23.7 Å². The molecule has 0 spiro atoms. The average Bonchev–Trinajstić information content (AvgIpc) is 3.63. The maximum atomic E-state index is 13.7. The number of nitrogens with zero attached hydrogens (tertiary/aromatic N) is 2. The Morgan fingerprint density at radius 1 is 0.977 bits per heavy atom. The lowest BCUT2D eigenvalue weighted by Gasteiger charge is -2.30. The van der Waals surface area contributed by atoms with Gasteiger partial charge in [0.1, 0.15) is 5.75 Å². The van der Waals surface area contributed by atoms with Crippen LogP contribution in [0.4, 0.5) is 0 Å². The Morgan fingerprint density at radius 2 is 1.72 bits per heavy atom. The second-order valence-electron chi connectivity index (χ2n) is 11.0. The van der Waals surface area contributed by atoms with E-state index in [2.05, 4.69) is 11.8 Å². The lowest BCUT2D eigenvalue weighted by atomic mass is 9.82. The van der Waals surface area contributed by atoms with E-state index in [1.54, 1.807) is 11.4 Å². The molecular weight excluding hydrogens is 572 g/mol. The molecule has 4 rings (SSSR count). The summed E-state index contributed by atoms with van der Waals surface area (Å²) in [5, 5.41) is 0. The van der Waals surface area contributed by atoms with E-state index in [0.29, 0.717) is 49.8 Å². The van der Waals surface area contributed by atoms with Crippen molar-refractivity contribution in [1.29, 1.82) is 0 Å². The van der Waals surface area contributed by atoms with Gasteiger partial charge in [-0.15, -0.1) is 0 Å². The quantitative estimate of drug-likeness (QED) is 0.138. The van der Waals surface area contributed by atoms with Crippen LogP contribution in [0.1, 0.15) is 69.5 Å². The van der Waals surface area contributed by atoms with Gasteiger partial charge in [-0.05, 0) is 55.2 Å². The zero-order valence-electron chi connectivity index (χ0n) is 25.8. The number of hydrogen-bond donors (Lipinski definition) is 0.